The molecule has 0 fully saturated rings. The van der Waals surface area contributed by atoms with Gasteiger partial charge in [-0.2, -0.15) is 0 Å². The van der Waals surface area contributed by atoms with E-state index in [0.717, 1.165) is 19.3 Å². The second kappa shape index (κ2) is 8.44. The van der Waals surface area contributed by atoms with Gasteiger partial charge in [-0.1, -0.05) is 18.9 Å². The van der Waals surface area contributed by atoms with E-state index in [9.17, 15) is 9.90 Å². The Kier molecular flexibility index (Phi) is 7.95. The Labute approximate surface area is 90.6 Å². The monoisotopic (exact) mass is 216 g/mol. The molecule has 1 atom stereocenters. The zero-order valence-electron chi connectivity index (χ0n) is 9.40. The number of ether oxygens (including phenoxy) is 1. The van der Waals surface area contributed by atoms with Gasteiger partial charge in [0.1, 0.15) is 0 Å². The second-order valence-electron chi connectivity index (χ2n) is 3.32. The summed E-state index contributed by atoms with van der Waals surface area (Å²) in [5.41, 5.74) is 0.307. The van der Waals surface area contributed by atoms with Gasteiger partial charge < -0.3 is 14.9 Å². The van der Waals surface area contributed by atoms with E-state index in [1.807, 2.05) is 0 Å². The summed E-state index contributed by atoms with van der Waals surface area (Å²) in [5, 5.41) is 18.2. The van der Waals surface area contributed by atoms with Gasteiger partial charge >= 0.3 is 5.97 Å². The number of allylic oxidation sites excluding steroid dienone is 1. The third-order valence-electron chi connectivity index (χ3n) is 2.23. The van der Waals surface area contributed by atoms with Crippen LogP contribution in [-0.2, 0) is 9.53 Å². The number of carbonyl (C=O) groups excluding carboxylic acids is 1. The lowest BCUT2D eigenvalue weighted by Crippen LogP contribution is -2.19. The highest BCUT2D eigenvalue weighted by molar-refractivity contribution is 5.89. The van der Waals surface area contributed by atoms with Gasteiger partial charge in [-0.25, -0.2) is 4.79 Å². The van der Waals surface area contributed by atoms with Crippen LogP contribution in [0.5, 0.6) is 0 Å². The zero-order valence-corrected chi connectivity index (χ0v) is 9.40. The van der Waals surface area contributed by atoms with Crippen molar-refractivity contribution in [2.75, 3.05) is 13.7 Å². The molecule has 0 radical (unpaired) electrons. The first-order chi connectivity index (χ1) is 7.17. The number of hydrogen-bond acceptors (Lipinski definition) is 4. The minimum Gasteiger partial charge on any atom is -0.466 e. The first-order valence-electron chi connectivity index (χ1n) is 5.20. The van der Waals surface area contributed by atoms with E-state index in [-0.39, 0.29) is 6.61 Å². The van der Waals surface area contributed by atoms with Crippen LogP contribution in [0.4, 0.5) is 0 Å². The number of methoxy groups -OCH3 is 1. The van der Waals surface area contributed by atoms with Crippen molar-refractivity contribution < 1.29 is 19.7 Å². The largest absolute Gasteiger partial charge is 0.466 e. The average molecular weight is 216 g/mol. The molecule has 4 heteroatoms. The molecule has 0 spiro atoms. The quantitative estimate of drug-likeness (QED) is 0.379. The lowest BCUT2D eigenvalue weighted by Gasteiger charge is -2.12. The summed E-state index contributed by atoms with van der Waals surface area (Å²) in [6.07, 6.45) is 3.70. The topological polar surface area (TPSA) is 66.8 Å². The second-order valence-corrected chi connectivity index (χ2v) is 3.32. The first kappa shape index (κ1) is 14.1. The molecule has 0 heterocycles. The summed E-state index contributed by atoms with van der Waals surface area (Å²) in [4.78, 5) is 11.2. The van der Waals surface area contributed by atoms with Gasteiger partial charge in [0.25, 0.3) is 0 Å². The molecular weight excluding hydrogens is 196 g/mol. The molecule has 0 aliphatic heterocycles. The zero-order chi connectivity index (χ0) is 11.7. The highest BCUT2D eigenvalue weighted by atomic mass is 16.5. The standard InChI is InChI=1S/C11H20O4/c1-3-9(11(14)15-2)10(13)7-5-4-6-8-12/h3,10,12-13H,4-8H2,1-2H3. The highest BCUT2D eigenvalue weighted by Crippen LogP contribution is 2.12. The Balaban J connectivity index is 3.95. The van der Waals surface area contributed by atoms with Crippen molar-refractivity contribution in [2.24, 2.45) is 0 Å². The van der Waals surface area contributed by atoms with Crippen molar-refractivity contribution in [2.45, 2.75) is 38.7 Å². The van der Waals surface area contributed by atoms with Crippen LogP contribution in [0.25, 0.3) is 0 Å². The Morgan fingerprint density at radius 1 is 1.40 bits per heavy atom. The van der Waals surface area contributed by atoms with Gasteiger partial charge in [-0.05, 0) is 19.8 Å². The van der Waals surface area contributed by atoms with Gasteiger partial charge in [-0.15, -0.1) is 0 Å². The third kappa shape index (κ3) is 5.54. The van der Waals surface area contributed by atoms with E-state index in [1.54, 1.807) is 13.0 Å². The lowest BCUT2D eigenvalue weighted by atomic mass is 10.0. The maximum absolute atomic E-state index is 11.2. The van der Waals surface area contributed by atoms with Crippen LogP contribution in [0, 0.1) is 0 Å². The fourth-order valence-electron chi connectivity index (χ4n) is 1.35. The summed E-state index contributed by atoms with van der Waals surface area (Å²) in [7, 11) is 1.30. The van der Waals surface area contributed by atoms with E-state index in [4.69, 9.17) is 5.11 Å². The van der Waals surface area contributed by atoms with Gasteiger partial charge in [0.15, 0.2) is 0 Å². The van der Waals surface area contributed by atoms with Crippen LogP contribution in [0.15, 0.2) is 11.6 Å². The highest BCUT2D eigenvalue weighted by Gasteiger charge is 2.17. The number of unbranched alkanes of at least 4 members (excludes halogenated alkanes) is 2. The van der Waals surface area contributed by atoms with Crippen molar-refractivity contribution in [1.82, 2.24) is 0 Å². The van der Waals surface area contributed by atoms with Crippen molar-refractivity contribution in [1.29, 1.82) is 0 Å². The average Bonchev–Trinajstić information content (AvgIpc) is 2.25. The summed E-state index contributed by atoms with van der Waals surface area (Å²) in [6.45, 7) is 1.87. The van der Waals surface area contributed by atoms with Crippen LogP contribution >= 0.6 is 0 Å². The molecule has 1 unspecified atom stereocenters. The fraction of sp³-hybridized carbons (Fsp3) is 0.727. The molecule has 0 rings (SSSR count). The molecule has 2 N–H and O–H groups in total. The number of hydrogen-bond donors (Lipinski definition) is 2. The molecular formula is C11H20O4. The Morgan fingerprint density at radius 2 is 2.07 bits per heavy atom. The van der Waals surface area contributed by atoms with Crippen molar-refractivity contribution in [3.63, 3.8) is 0 Å². The van der Waals surface area contributed by atoms with Crippen LogP contribution in [0.1, 0.15) is 32.6 Å². The molecule has 0 saturated heterocycles. The molecule has 0 aromatic heterocycles. The maximum atomic E-state index is 11.2. The lowest BCUT2D eigenvalue weighted by molar-refractivity contribution is -0.137. The molecule has 0 aromatic carbocycles. The Morgan fingerprint density at radius 3 is 2.53 bits per heavy atom. The van der Waals surface area contributed by atoms with Crippen LogP contribution < -0.4 is 0 Å². The van der Waals surface area contributed by atoms with Crippen LogP contribution in [-0.4, -0.2) is 36.0 Å². The van der Waals surface area contributed by atoms with Crippen molar-refractivity contribution in [3.8, 4) is 0 Å². The smallest absolute Gasteiger partial charge is 0.336 e. The predicted octanol–water partition coefficient (Wildman–Crippen LogP) is 1.02. The molecule has 4 nitrogen and oxygen atoms in total. The Bertz CT molecular complexity index is 211. The molecule has 0 aliphatic carbocycles. The predicted molar refractivity (Wildman–Crippen MR) is 57.3 cm³/mol. The molecule has 15 heavy (non-hydrogen) atoms. The van der Waals surface area contributed by atoms with Crippen molar-refractivity contribution in [3.05, 3.63) is 11.6 Å². The van der Waals surface area contributed by atoms with E-state index in [2.05, 4.69) is 4.74 Å². The molecule has 0 amide bonds. The van der Waals surface area contributed by atoms with E-state index in [1.165, 1.54) is 7.11 Å². The molecule has 0 saturated carbocycles. The van der Waals surface area contributed by atoms with E-state index < -0.39 is 12.1 Å². The fourth-order valence-corrected chi connectivity index (χ4v) is 1.35. The third-order valence-corrected chi connectivity index (χ3v) is 2.23. The molecule has 88 valence electrons. The number of carbonyl (C=O) groups is 1. The summed E-state index contributed by atoms with van der Waals surface area (Å²) >= 11 is 0. The van der Waals surface area contributed by atoms with Crippen LogP contribution in [0.3, 0.4) is 0 Å². The number of aliphatic hydroxyl groups is 2. The van der Waals surface area contributed by atoms with Gasteiger partial charge in [0, 0.05) is 6.61 Å². The molecule has 0 bridgehead atoms. The van der Waals surface area contributed by atoms with Gasteiger partial charge in [0.05, 0.1) is 18.8 Å². The van der Waals surface area contributed by atoms with E-state index >= 15 is 0 Å². The maximum Gasteiger partial charge on any atom is 0.336 e. The first-order valence-corrected chi connectivity index (χ1v) is 5.20. The summed E-state index contributed by atoms with van der Waals surface area (Å²) in [6, 6.07) is 0. The van der Waals surface area contributed by atoms with Crippen molar-refractivity contribution >= 4 is 5.97 Å². The number of rotatable bonds is 7. The van der Waals surface area contributed by atoms with Gasteiger partial charge in [-0.3, -0.25) is 0 Å². The minimum atomic E-state index is -0.763. The number of aliphatic hydroxyl groups excluding tert-OH is 2. The molecule has 0 aromatic rings. The SMILES string of the molecule is CC=C(C(=O)OC)C(O)CCCCCO. The normalized spacial score (nSPS) is 13.7. The molecule has 0 aliphatic rings. The summed E-state index contributed by atoms with van der Waals surface area (Å²) < 4.78 is 4.54. The summed E-state index contributed by atoms with van der Waals surface area (Å²) in [5.74, 6) is -0.479. The minimum absolute atomic E-state index is 0.170. The Hall–Kier alpha value is -0.870. The van der Waals surface area contributed by atoms with Gasteiger partial charge in [0.2, 0.25) is 0 Å². The number of esters is 1. The van der Waals surface area contributed by atoms with Crippen LogP contribution in [0.2, 0.25) is 0 Å². The van der Waals surface area contributed by atoms with E-state index in [0.29, 0.717) is 12.0 Å².